The molecule has 3 aromatic rings. The maximum Gasteiger partial charge on any atom is 0.266 e. The highest BCUT2D eigenvalue weighted by Crippen LogP contribution is 2.24. The summed E-state index contributed by atoms with van der Waals surface area (Å²) in [6.07, 6.45) is 3.23. The van der Waals surface area contributed by atoms with Crippen molar-refractivity contribution >= 4 is 34.5 Å². The number of amides is 2. The van der Waals surface area contributed by atoms with Gasteiger partial charge in [-0.15, -0.1) is 0 Å². The van der Waals surface area contributed by atoms with E-state index >= 15 is 0 Å². The molecule has 1 aromatic heterocycles. The number of anilines is 1. The summed E-state index contributed by atoms with van der Waals surface area (Å²) in [7, 11) is 0. The van der Waals surface area contributed by atoms with Crippen LogP contribution in [0.3, 0.4) is 0 Å². The molecule has 27 heavy (non-hydrogen) atoms. The van der Waals surface area contributed by atoms with Crippen LogP contribution in [-0.2, 0) is 16.1 Å². The molecule has 3 rings (SSSR count). The summed E-state index contributed by atoms with van der Waals surface area (Å²) < 4.78 is 1.71. The third-order valence-corrected chi connectivity index (χ3v) is 4.09. The van der Waals surface area contributed by atoms with E-state index in [1.165, 1.54) is 6.08 Å². The van der Waals surface area contributed by atoms with Crippen molar-refractivity contribution in [1.29, 1.82) is 5.26 Å². The van der Waals surface area contributed by atoms with Crippen molar-refractivity contribution in [3.63, 3.8) is 0 Å². The van der Waals surface area contributed by atoms with Crippen LogP contribution in [0.2, 0.25) is 0 Å². The number of nitrogens with one attached hydrogen (secondary N) is 1. The number of nitriles is 1. The van der Waals surface area contributed by atoms with Gasteiger partial charge in [-0.2, -0.15) is 5.26 Å². The summed E-state index contributed by atoms with van der Waals surface area (Å²) in [4.78, 5) is 23.8. The summed E-state index contributed by atoms with van der Waals surface area (Å²) >= 11 is 0. The van der Waals surface area contributed by atoms with Crippen molar-refractivity contribution in [3.8, 4) is 6.07 Å². The predicted molar refractivity (Wildman–Crippen MR) is 105 cm³/mol. The number of carbonyl (C=O) groups excluding carboxylic acids is 2. The van der Waals surface area contributed by atoms with Gasteiger partial charge in [0.05, 0.1) is 0 Å². The first-order valence-electron chi connectivity index (χ1n) is 8.34. The van der Waals surface area contributed by atoms with E-state index in [4.69, 9.17) is 5.73 Å². The first-order chi connectivity index (χ1) is 13.0. The average molecular weight is 358 g/mol. The molecule has 2 aromatic carbocycles. The molecule has 0 aliphatic rings. The number of aromatic nitrogens is 1. The Balaban J connectivity index is 1.97. The van der Waals surface area contributed by atoms with Crippen molar-refractivity contribution in [2.24, 2.45) is 5.73 Å². The second-order valence-electron chi connectivity index (χ2n) is 6.19. The van der Waals surface area contributed by atoms with E-state index in [0.717, 1.165) is 16.5 Å². The number of aryl methyl sites for hydroxylation is 1. The molecule has 0 atom stereocenters. The molecule has 0 saturated heterocycles. The molecular weight excluding hydrogens is 340 g/mol. The second-order valence-corrected chi connectivity index (χ2v) is 6.19. The molecule has 0 aliphatic carbocycles. The number of carbonyl (C=O) groups is 2. The molecule has 6 heteroatoms. The molecule has 0 radical (unpaired) electrons. The number of hydrogen-bond acceptors (Lipinski definition) is 3. The van der Waals surface area contributed by atoms with Gasteiger partial charge in [0.25, 0.3) is 5.91 Å². The van der Waals surface area contributed by atoms with E-state index in [0.29, 0.717) is 11.3 Å². The van der Waals surface area contributed by atoms with Gasteiger partial charge in [-0.1, -0.05) is 30.3 Å². The van der Waals surface area contributed by atoms with E-state index in [-0.39, 0.29) is 12.1 Å². The van der Waals surface area contributed by atoms with Gasteiger partial charge < -0.3 is 15.6 Å². The number of nitrogens with zero attached hydrogens (tertiary/aromatic N) is 2. The van der Waals surface area contributed by atoms with Gasteiger partial charge in [0.2, 0.25) is 5.91 Å². The van der Waals surface area contributed by atoms with Crippen LogP contribution in [0.1, 0.15) is 11.1 Å². The lowest BCUT2D eigenvalue weighted by molar-refractivity contribution is -0.118. The number of hydrogen-bond donors (Lipinski definition) is 2. The van der Waals surface area contributed by atoms with E-state index < -0.39 is 11.8 Å². The Labute approximate surface area is 156 Å². The molecule has 0 spiro atoms. The molecular formula is C21H18N4O2. The highest BCUT2D eigenvalue weighted by molar-refractivity contribution is 6.10. The predicted octanol–water partition coefficient (Wildman–Crippen LogP) is 2.98. The van der Waals surface area contributed by atoms with E-state index in [9.17, 15) is 14.9 Å². The number of rotatable bonds is 5. The van der Waals surface area contributed by atoms with Crippen LogP contribution < -0.4 is 11.1 Å². The zero-order chi connectivity index (χ0) is 19.4. The maximum absolute atomic E-state index is 12.5. The van der Waals surface area contributed by atoms with E-state index in [1.807, 2.05) is 55.5 Å². The fourth-order valence-electron chi connectivity index (χ4n) is 2.91. The van der Waals surface area contributed by atoms with Gasteiger partial charge in [0.1, 0.15) is 18.2 Å². The average Bonchev–Trinajstić information content (AvgIpc) is 2.96. The summed E-state index contributed by atoms with van der Waals surface area (Å²) in [5.41, 5.74) is 8.38. The van der Waals surface area contributed by atoms with E-state index in [1.54, 1.807) is 16.8 Å². The Morgan fingerprint density at radius 3 is 2.70 bits per heavy atom. The number of primary amides is 1. The monoisotopic (exact) mass is 358 g/mol. The molecule has 0 saturated carbocycles. The molecule has 3 N–H and O–H groups in total. The lowest BCUT2D eigenvalue weighted by Gasteiger charge is -2.05. The minimum absolute atomic E-state index is 0.0196. The third kappa shape index (κ3) is 4.05. The Bertz CT molecular complexity index is 1100. The second kappa shape index (κ2) is 7.58. The van der Waals surface area contributed by atoms with Crippen LogP contribution in [0.5, 0.6) is 0 Å². The number of fused-ring (bicyclic) bond motifs is 1. The van der Waals surface area contributed by atoms with Gasteiger partial charge in [0, 0.05) is 28.4 Å². The van der Waals surface area contributed by atoms with Crippen LogP contribution in [0, 0.1) is 18.3 Å². The zero-order valence-electron chi connectivity index (χ0n) is 14.8. The lowest BCUT2D eigenvalue weighted by atomic mass is 10.1. The smallest absolute Gasteiger partial charge is 0.266 e. The van der Waals surface area contributed by atoms with Crippen molar-refractivity contribution in [1.82, 2.24) is 4.57 Å². The van der Waals surface area contributed by atoms with Gasteiger partial charge >= 0.3 is 0 Å². The highest BCUT2D eigenvalue weighted by atomic mass is 16.2. The molecule has 0 aliphatic heterocycles. The van der Waals surface area contributed by atoms with Crippen LogP contribution in [0.25, 0.3) is 17.0 Å². The maximum atomic E-state index is 12.5. The first kappa shape index (κ1) is 18.0. The number of benzene rings is 2. The van der Waals surface area contributed by atoms with Gasteiger partial charge in [-0.25, -0.2) is 0 Å². The molecule has 1 heterocycles. The quantitative estimate of drug-likeness (QED) is 0.541. The van der Waals surface area contributed by atoms with E-state index in [2.05, 4.69) is 5.32 Å². The Hall–Kier alpha value is -3.85. The molecule has 0 fully saturated rings. The SMILES string of the molecule is Cc1cccc(NC(=O)C(C#N)=Cc2cn(CC(N)=O)c3ccccc23)c1. The summed E-state index contributed by atoms with van der Waals surface area (Å²) in [6, 6.07) is 16.7. The third-order valence-electron chi connectivity index (χ3n) is 4.09. The van der Waals surface area contributed by atoms with Crippen LogP contribution in [0.4, 0.5) is 5.69 Å². The molecule has 134 valence electrons. The van der Waals surface area contributed by atoms with Crippen molar-refractivity contribution in [2.45, 2.75) is 13.5 Å². The summed E-state index contributed by atoms with van der Waals surface area (Å²) in [6.45, 7) is 1.94. The Morgan fingerprint density at radius 1 is 1.22 bits per heavy atom. The number of para-hydroxylation sites is 1. The van der Waals surface area contributed by atoms with Crippen molar-refractivity contribution in [3.05, 3.63) is 71.4 Å². The molecule has 0 unspecified atom stereocenters. The summed E-state index contributed by atoms with van der Waals surface area (Å²) in [5, 5.41) is 13.0. The van der Waals surface area contributed by atoms with Crippen LogP contribution in [0.15, 0.2) is 60.3 Å². The normalized spacial score (nSPS) is 11.2. The van der Waals surface area contributed by atoms with Crippen molar-refractivity contribution < 1.29 is 9.59 Å². The largest absolute Gasteiger partial charge is 0.368 e. The van der Waals surface area contributed by atoms with Gasteiger partial charge in [-0.3, -0.25) is 9.59 Å². The highest BCUT2D eigenvalue weighted by Gasteiger charge is 2.13. The molecule has 6 nitrogen and oxygen atoms in total. The minimum Gasteiger partial charge on any atom is -0.368 e. The van der Waals surface area contributed by atoms with Crippen LogP contribution in [-0.4, -0.2) is 16.4 Å². The fraction of sp³-hybridized carbons (Fsp3) is 0.0952. The molecule has 2 amide bonds. The molecule has 0 bridgehead atoms. The Kier molecular flexibility index (Phi) is 5.04. The lowest BCUT2D eigenvalue weighted by Crippen LogP contribution is -2.17. The topological polar surface area (TPSA) is 101 Å². The van der Waals surface area contributed by atoms with Gasteiger partial charge in [-0.05, 0) is 36.8 Å². The standard InChI is InChI=1S/C21H18N4O2/c1-14-5-4-6-17(9-14)24-21(27)15(11-22)10-16-12-25(13-20(23)26)19-8-3-2-7-18(16)19/h2-10,12H,13H2,1H3,(H2,23,26)(H,24,27). The summed E-state index contributed by atoms with van der Waals surface area (Å²) in [5.74, 6) is -0.959. The Morgan fingerprint density at radius 2 is 2.00 bits per heavy atom. The van der Waals surface area contributed by atoms with Crippen molar-refractivity contribution in [2.75, 3.05) is 5.32 Å². The number of nitrogens with two attached hydrogens (primary N) is 1. The fourth-order valence-corrected chi connectivity index (χ4v) is 2.91. The van der Waals surface area contributed by atoms with Gasteiger partial charge in [0.15, 0.2) is 0 Å². The first-order valence-corrected chi connectivity index (χ1v) is 8.34. The zero-order valence-corrected chi connectivity index (χ0v) is 14.8. The minimum atomic E-state index is -0.491. The van der Waals surface area contributed by atoms with Crippen LogP contribution >= 0.6 is 0 Å².